The monoisotopic (exact) mass is 303 g/mol. The number of anilines is 1. The summed E-state index contributed by atoms with van der Waals surface area (Å²) in [5.74, 6) is 0. The fraction of sp³-hybridized carbons (Fsp3) is 0.538. The molecule has 0 fully saturated rings. The lowest BCUT2D eigenvalue weighted by Gasteiger charge is -2.25. The summed E-state index contributed by atoms with van der Waals surface area (Å²) in [5, 5.41) is 1.72. The number of alkyl halides is 1. The Labute approximate surface area is 112 Å². The number of rotatable bonds is 6. The fourth-order valence-corrected chi connectivity index (χ4v) is 2.45. The Balaban J connectivity index is 2.90. The average molecular weight is 305 g/mol. The highest BCUT2D eigenvalue weighted by Crippen LogP contribution is 2.28. The molecule has 0 atom stereocenters. The molecule has 1 rings (SSSR count). The second-order valence-corrected chi connectivity index (χ2v) is 4.87. The molecule has 0 radical (unpaired) electrons. The van der Waals surface area contributed by atoms with Gasteiger partial charge in [-0.25, -0.2) is 0 Å². The maximum Gasteiger partial charge on any atom is 0.0642 e. The molecule has 1 aromatic rings. The molecular weight excluding hydrogens is 286 g/mol. The zero-order valence-corrected chi connectivity index (χ0v) is 12.3. The Morgan fingerprint density at radius 3 is 2.25 bits per heavy atom. The van der Waals surface area contributed by atoms with E-state index in [0.29, 0.717) is 0 Å². The van der Waals surface area contributed by atoms with Gasteiger partial charge < -0.3 is 4.90 Å². The predicted octanol–water partition coefficient (Wildman–Crippen LogP) is 4.86. The lowest BCUT2D eigenvalue weighted by Crippen LogP contribution is -2.25. The third-order valence-corrected chi connectivity index (χ3v) is 3.44. The number of nitrogens with zero attached hydrogens (tertiary/aromatic N) is 1. The minimum absolute atomic E-state index is 0.856. The lowest BCUT2D eigenvalue weighted by molar-refractivity contribution is 0.745. The second-order valence-electron chi connectivity index (χ2n) is 3.91. The van der Waals surface area contributed by atoms with Crippen molar-refractivity contribution in [1.29, 1.82) is 0 Å². The molecule has 0 unspecified atom stereocenters. The van der Waals surface area contributed by atoms with Crippen LogP contribution in [0.15, 0.2) is 18.2 Å². The minimum atomic E-state index is 0.856. The number of benzene rings is 1. The lowest BCUT2D eigenvalue weighted by atomic mass is 10.2. The number of halogens is 2. The molecule has 1 aromatic carbocycles. The van der Waals surface area contributed by atoms with Gasteiger partial charge in [-0.1, -0.05) is 47.4 Å². The number of hydrogen-bond donors (Lipinski definition) is 0. The van der Waals surface area contributed by atoms with Crippen molar-refractivity contribution in [2.24, 2.45) is 0 Å². The smallest absolute Gasteiger partial charge is 0.0642 e. The van der Waals surface area contributed by atoms with Gasteiger partial charge in [0.05, 0.1) is 10.7 Å². The Hall–Kier alpha value is -0.210. The zero-order chi connectivity index (χ0) is 12.0. The zero-order valence-electron chi connectivity index (χ0n) is 9.97. The van der Waals surface area contributed by atoms with Gasteiger partial charge in [-0.3, -0.25) is 0 Å². The average Bonchev–Trinajstić information content (AvgIpc) is 2.29. The van der Waals surface area contributed by atoms with Crippen LogP contribution in [0, 0.1) is 0 Å². The highest BCUT2D eigenvalue weighted by molar-refractivity contribution is 9.08. The highest BCUT2D eigenvalue weighted by atomic mass is 79.9. The van der Waals surface area contributed by atoms with E-state index in [1.807, 2.05) is 6.07 Å². The van der Waals surface area contributed by atoms with Gasteiger partial charge in [-0.05, 0) is 30.5 Å². The molecule has 0 bridgehead atoms. The Morgan fingerprint density at radius 1 is 1.19 bits per heavy atom. The predicted molar refractivity (Wildman–Crippen MR) is 76.9 cm³/mol. The van der Waals surface area contributed by atoms with Gasteiger partial charge in [0.2, 0.25) is 0 Å². The molecule has 0 heterocycles. The van der Waals surface area contributed by atoms with E-state index in [2.05, 4.69) is 46.8 Å². The minimum Gasteiger partial charge on any atom is -0.370 e. The quantitative estimate of drug-likeness (QED) is 0.678. The molecule has 3 heteroatoms. The first-order valence-corrected chi connectivity index (χ1v) is 7.32. The van der Waals surface area contributed by atoms with Crippen molar-refractivity contribution in [2.75, 3.05) is 18.0 Å². The summed E-state index contributed by atoms with van der Waals surface area (Å²) in [5.41, 5.74) is 2.39. The number of hydrogen-bond acceptors (Lipinski definition) is 1. The van der Waals surface area contributed by atoms with Crippen LogP contribution < -0.4 is 4.90 Å². The van der Waals surface area contributed by atoms with Crippen LogP contribution in [-0.2, 0) is 5.33 Å². The molecule has 16 heavy (non-hydrogen) atoms. The van der Waals surface area contributed by atoms with Gasteiger partial charge in [-0.2, -0.15) is 0 Å². The van der Waals surface area contributed by atoms with Gasteiger partial charge >= 0.3 is 0 Å². The molecule has 0 saturated carbocycles. The maximum absolute atomic E-state index is 6.31. The molecule has 0 amide bonds. The topological polar surface area (TPSA) is 3.24 Å². The van der Waals surface area contributed by atoms with E-state index in [9.17, 15) is 0 Å². The third-order valence-electron chi connectivity index (χ3n) is 2.49. The molecule has 0 aromatic heterocycles. The fourth-order valence-electron chi connectivity index (χ4n) is 1.78. The Bertz CT molecular complexity index is 322. The molecule has 90 valence electrons. The third kappa shape index (κ3) is 3.67. The van der Waals surface area contributed by atoms with Crippen molar-refractivity contribution in [3.8, 4) is 0 Å². The van der Waals surface area contributed by atoms with Crippen LogP contribution in [0.3, 0.4) is 0 Å². The summed E-state index contributed by atoms with van der Waals surface area (Å²) in [6.07, 6.45) is 2.30. The summed E-state index contributed by atoms with van der Waals surface area (Å²) in [6.45, 7) is 6.54. The van der Waals surface area contributed by atoms with Gasteiger partial charge in [0.15, 0.2) is 0 Å². The van der Waals surface area contributed by atoms with E-state index in [4.69, 9.17) is 11.6 Å². The van der Waals surface area contributed by atoms with Crippen LogP contribution in [0.2, 0.25) is 5.02 Å². The van der Waals surface area contributed by atoms with Crippen LogP contribution >= 0.6 is 27.5 Å². The first-order chi connectivity index (χ1) is 7.72. The van der Waals surface area contributed by atoms with Crippen LogP contribution in [-0.4, -0.2) is 13.1 Å². The molecule has 0 N–H and O–H groups in total. The molecule has 1 nitrogen and oxygen atoms in total. The van der Waals surface area contributed by atoms with Gasteiger partial charge in [0, 0.05) is 18.4 Å². The van der Waals surface area contributed by atoms with Gasteiger partial charge in [0.25, 0.3) is 0 Å². The van der Waals surface area contributed by atoms with Crippen molar-refractivity contribution in [3.63, 3.8) is 0 Å². The SMILES string of the molecule is CCCN(CCC)c1ccc(CBr)cc1Cl. The maximum atomic E-state index is 6.31. The first-order valence-electron chi connectivity index (χ1n) is 5.82. The summed E-state index contributed by atoms with van der Waals surface area (Å²) >= 11 is 9.75. The summed E-state index contributed by atoms with van der Waals surface area (Å²) in [6, 6.07) is 6.31. The molecule has 0 aliphatic heterocycles. The molecular formula is C13H19BrClN. The molecule has 0 spiro atoms. The van der Waals surface area contributed by atoms with E-state index in [1.165, 1.54) is 5.56 Å². The summed E-state index contributed by atoms with van der Waals surface area (Å²) in [7, 11) is 0. The largest absolute Gasteiger partial charge is 0.370 e. The second kappa shape index (κ2) is 7.18. The van der Waals surface area contributed by atoms with E-state index >= 15 is 0 Å². The van der Waals surface area contributed by atoms with Crippen molar-refractivity contribution >= 4 is 33.2 Å². The van der Waals surface area contributed by atoms with E-state index in [0.717, 1.165) is 42.0 Å². The highest BCUT2D eigenvalue weighted by Gasteiger charge is 2.09. The van der Waals surface area contributed by atoms with Crippen LogP contribution in [0.5, 0.6) is 0 Å². The molecule has 0 aliphatic rings. The summed E-state index contributed by atoms with van der Waals surface area (Å²) < 4.78 is 0. The van der Waals surface area contributed by atoms with Crippen molar-refractivity contribution in [2.45, 2.75) is 32.0 Å². The Kier molecular flexibility index (Phi) is 6.22. The van der Waals surface area contributed by atoms with E-state index in [-0.39, 0.29) is 0 Å². The van der Waals surface area contributed by atoms with E-state index < -0.39 is 0 Å². The normalized spacial score (nSPS) is 10.5. The van der Waals surface area contributed by atoms with Gasteiger partial charge in [-0.15, -0.1) is 0 Å². The van der Waals surface area contributed by atoms with E-state index in [1.54, 1.807) is 0 Å². The standard InChI is InChI=1S/C13H19BrClN/c1-3-7-16(8-4-2)13-6-5-11(10-14)9-12(13)15/h5-6,9H,3-4,7-8,10H2,1-2H3. The first kappa shape index (κ1) is 13.9. The van der Waals surface area contributed by atoms with Gasteiger partial charge in [0.1, 0.15) is 0 Å². The van der Waals surface area contributed by atoms with Crippen molar-refractivity contribution < 1.29 is 0 Å². The van der Waals surface area contributed by atoms with Crippen molar-refractivity contribution in [3.05, 3.63) is 28.8 Å². The van der Waals surface area contributed by atoms with Crippen LogP contribution in [0.1, 0.15) is 32.3 Å². The molecule has 0 aliphatic carbocycles. The summed E-state index contributed by atoms with van der Waals surface area (Å²) in [4.78, 5) is 2.36. The van der Waals surface area contributed by atoms with Crippen LogP contribution in [0.25, 0.3) is 0 Å². The Morgan fingerprint density at radius 2 is 1.81 bits per heavy atom. The van der Waals surface area contributed by atoms with Crippen molar-refractivity contribution in [1.82, 2.24) is 0 Å². The molecule has 0 saturated heterocycles. The van der Waals surface area contributed by atoms with Crippen LogP contribution in [0.4, 0.5) is 5.69 Å².